The lowest BCUT2D eigenvalue weighted by atomic mass is 10.1. The van der Waals surface area contributed by atoms with E-state index < -0.39 is 0 Å². The second-order valence-corrected chi connectivity index (χ2v) is 6.62. The number of anilines is 1. The molecule has 124 valence electrons. The molecule has 0 unspecified atom stereocenters. The van der Waals surface area contributed by atoms with Crippen LogP contribution in [0.1, 0.15) is 30.4 Å². The van der Waals surface area contributed by atoms with Crippen LogP contribution in [0.2, 0.25) is 0 Å². The number of oxazole rings is 1. The second-order valence-electron chi connectivity index (χ2n) is 5.67. The van der Waals surface area contributed by atoms with Crippen molar-refractivity contribution in [3.63, 3.8) is 0 Å². The van der Waals surface area contributed by atoms with Gasteiger partial charge in [-0.2, -0.15) is 0 Å². The molecule has 3 rings (SSSR count). The normalized spacial score (nSPS) is 10.8. The zero-order valence-electron chi connectivity index (χ0n) is 13.8. The molecule has 2 heterocycles. The maximum absolute atomic E-state index is 12.3. The van der Waals surface area contributed by atoms with Crippen molar-refractivity contribution in [1.82, 2.24) is 4.98 Å². The maximum atomic E-state index is 12.3. The van der Waals surface area contributed by atoms with Gasteiger partial charge in [-0.05, 0) is 42.5 Å². The Labute approximate surface area is 145 Å². The third kappa shape index (κ3) is 3.92. The molecule has 0 spiro atoms. The van der Waals surface area contributed by atoms with E-state index in [1.165, 1.54) is 5.56 Å². The van der Waals surface area contributed by atoms with Gasteiger partial charge in [0.15, 0.2) is 0 Å². The van der Waals surface area contributed by atoms with E-state index in [9.17, 15) is 4.79 Å². The van der Waals surface area contributed by atoms with Crippen LogP contribution < -0.4 is 5.32 Å². The largest absolute Gasteiger partial charge is 0.440 e. The van der Waals surface area contributed by atoms with E-state index in [1.54, 1.807) is 11.3 Å². The summed E-state index contributed by atoms with van der Waals surface area (Å²) in [4.78, 5) is 17.7. The molecule has 1 aromatic carbocycles. The predicted octanol–water partition coefficient (Wildman–Crippen LogP) is 4.85. The number of hydrogen-bond acceptors (Lipinski definition) is 4. The fourth-order valence-electron chi connectivity index (χ4n) is 2.50. The van der Waals surface area contributed by atoms with Crippen molar-refractivity contribution in [3.8, 4) is 10.8 Å². The smallest absolute Gasteiger partial charge is 0.236 e. The third-order valence-electron chi connectivity index (χ3n) is 3.73. The Bertz CT molecular complexity index is 805. The molecule has 0 aliphatic rings. The van der Waals surface area contributed by atoms with Crippen LogP contribution in [0.3, 0.4) is 0 Å². The molecule has 2 aromatic heterocycles. The summed E-state index contributed by atoms with van der Waals surface area (Å²) in [6, 6.07) is 11.9. The minimum Gasteiger partial charge on any atom is -0.440 e. The van der Waals surface area contributed by atoms with Gasteiger partial charge in [-0.1, -0.05) is 31.5 Å². The molecule has 0 radical (unpaired) electrons. The summed E-state index contributed by atoms with van der Waals surface area (Å²) in [5.74, 6) is 1.17. The maximum Gasteiger partial charge on any atom is 0.236 e. The number of carbonyl (C=O) groups excluding carboxylic acids is 1. The van der Waals surface area contributed by atoms with E-state index in [0.717, 1.165) is 23.4 Å². The molecular weight excluding hydrogens is 320 g/mol. The first-order valence-corrected chi connectivity index (χ1v) is 8.92. The number of nitrogens with zero attached hydrogens (tertiary/aromatic N) is 1. The summed E-state index contributed by atoms with van der Waals surface area (Å²) in [7, 11) is 0. The highest BCUT2D eigenvalue weighted by Gasteiger charge is 2.15. The van der Waals surface area contributed by atoms with Crippen molar-refractivity contribution in [2.75, 3.05) is 5.32 Å². The Morgan fingerprint density at radius 3 is 2.71 bits per heavy atom. The quantitative estimate of drug-likeness (QED) is 0.698. The van der Waals surface area contributed by atoms with Crippen LogP contribution in [-0.2, 0) is 17.6 Å². The molecular formula is C19H20N2O2S. The first-order valence-electron chi connectivity index (χ1n) is 8.04. The van der Waals surface area contributed by atoms with Gasteiger partial charge in [0, 0.05) is 5.69 Å². The van der Waals surface area contributed by atoms with E-state index in [4.69, 9.17) is 4.42 Å². The number of aromatic nitrogens is 1. The van der Waals surface area contributed by atoms with Gasteiger partial charge < -0.3 is 9.73 Å². The first kappa shape index (κ1) is 16.5. The molecule has 0 fully saturated rings. The molecule has 24 heavy (non-hydrogen) atoms. The van der Waals surface area contributed by atoms with Gasteiger partial charge in [0.2, 0.25) is 11.8 Å². The molecule has 0 saturated carbocycles. The Morgan fingerprint density at radius 1 is 1.25 bits per heavy atom. The minimum absolute atomic E-state index is 0.0904. The lowest BCUT2D eigenvalue weighted by molar-refractivity contribution is -0.115. The van der Waals surface area contributed by atoms with E-state index >= 15 is 0 Å². The average molecular weight is 340 g/mol. The fourth-order valence-corrected chi connectivity index (χ4v) is 3.15. The molecule has 3 aromatic rings. The third-order valence-corrected chi connectivity index (χ3v) is 4.59. The summed E-state index contributed by atoms with van der Waals surface area (Å²) < 4.78 is 5.67. The second kappa shape index (κ2) is 7.45. The highest BCUT2D eigenvalue weighted by Crippen LogP contribution is 2.26. The number of hydrogen-bond donors (Lipinski definition) is 1. The SMILES string of the molecule is CCCc1ccc(NC(=O)Cc2nc(-c3cccs3)oc2C)cc1. The minimum atomic E-state index is -0.0904. The summed E-state index contributed by atoms with van der Waals surface area (Å²) in [6.45, 7) is 3.99. The Hall–Kier alpha value is -2.40. The van der Waals surface area contributed by atoms with Gasteiger partial charge in [0.25, 0.3) is 0 Å². The zero-order chi connectivity index (χ0) is 16.9. The average Bonchev–Trinajstić information content (AvgIpc) is 3.20. The number of thiophene rings is 1. The van der Waals surface area contributed by atoms with E-state index in [2.05, 4.69) is 29.4 Å². The van der Waals surface area contributed by atoms with Crippen molar-refractivity contribution < 1.29 is 9.21 Å². The van der Waals surface area contributed by atoms with Gasteiger partial charge >= 0.3 is 0 Å². The molecule has 0 saturated heterocycles. The number of nitrogens with one attached hydrogen (secondary N) is 1. The molecule has 0 aliphatic carbocycles. The highest BCUT2D eigenvalue weighted by molar-refractivity contribution is 7.13. The predicted molar refractivity (Wildman–Crippen MR) is 97.3 cm³/mol. The van der Waals surface area contributed by atoms with E-state index in [-0.39, 0.29) is 12.3 Å². The lowest BCUT2D eigenvalue weighted by Crippen LogP contribution is -2.15. The summed E-state index contributed by atoms with van der Waals surface area (Å²) in [5, 5.41) is 4.89. The lowest BCUT2D eigenvalue weighted by Gasteiger charge is -2.05. The Morgan fingerprint density at radius 2 is 2.04 bits per heavy atom. The van der Waals surface area contributed by atoms with Crippen LogP contribution in [0, 0.1) is 6.92 Å². The van der Waals surface area contributed by atoms with Crippen LogP contribution in [0.4, 0.5) is 5.69 Å². The first-order chi connectivity index (χ1) is 11.7. The number of benzene rings is 1. The zero-order valence-corrected chi connectivity index (χ0v) is 14.7. The standard InChI is InChI=1S/C19H20N2O2S/c1-3-5-14-7-9-15(10-8-14)20-18(22)12-16-13(2)23-19(21-16)17-6-4-11-24-17/h4,6-11H,3,5,12H2,1-2H3,(H,20,22). The topological polar surface area (TPSA) is 55.1 Å². The highest BCUT2D eigenvalue weighted by atomic mass is 32.1. The van der Waals surface area contributed by atoms with Crippen molar-refractivity contribution in [2.45, 2.75) is 33.1 Å². The molecule has 4 nitrogen and oxygen atoms in total. The molecule has 0 atom stereocenters. The van der Waals surface area contributed by atoms with Gasteiger partial charge in [-0.15, -0.1) is 11.3 Å². The van der Waals surface area contributed by atoms with Crippen molar-refractivity contribution in [1.29, 1.82) is 0 Å². The summed E-state index contributed by atoms with van der Waals surface area (Å²) in [6.07, 6.45) is 2.37. The van der Waals surface area contributed by atoms with E-state index in [0.29, 0.717) is 17.3 Å². The molecule has 0 aliphatic heterocycles. The summed E-state index contributed by atoms with van der Waals surface area (Å²) in [5.41, 5.74) is 2.77. The van der Waals surface area contributed by atoms with Gasteiger partial charge in [-0.3, -0.25) is 4.79 Å². The van der Waals surface area contributed by atoms with Crippen molar-refractivity contribution in [2.24, 2.45) is 0 Å². The number of aryl methyl sites for hydroxylation is 2. The van der Waals surface area contributed by atoms with Gasteiger partial charge in [0.05, 0.1) is 17.0 Å². The van der Waals surface area contributed by atoms with Crippen molar-refractivity contribution >= 4 is 22.9 Å². The summed E-state index contributed by atoms with van der Waals surface area (Å²) >= 11 is 1.57. The number of amides is 1. The van der Waals surface area contributed by atoms with Crippen LogP contribution >= 0.6 is 11.3 Å². The monoisotopic (exact) mass is 340 g/mol. The molecule has 1 N–H and O–H groups in total. The fraction of sp³-hybridized carbons (Fsp3) is 0.263. The molecule has 5 heteroatoms. The number of rotatable bonds is 6. The Kier molecular flexibility index (Phi) is 5.11. The van der Waals surface area contributed by atoms with Crippen LogP contribution in [0.15, 0.2) is 46.2 Å². The molecule has 0 bridgehead atoms. The van der Waals surface area contributed by atoms with Crippen LogP contribution in [-0.4, -0.2) is 10.9 Å². The van der Waals surface area contributed by atoms with E-state index in [1.807, 2.05) is 36.6 Å². The number of carbonyl (C=O) groups is 1. The van der Waals surface area contributed by atoms with Crippen molar-refractivity contribution in [3.05, 3.63) is 58.8 Å². The Balaban J connectivity index is 1.64. The van der Waals surface area contributed by atoms with Crippen LogP contribution in [0.5, 0.6) is 0 Å². The van der Waals surface area contributed by atoms with Gasteiger partial charge in [0.1, 0.15) is 5.76 Å². The van der Waals surface area contributed by atoms with Crippen LogP contribution in [0.25, 0.3) is 10.8 Å². The molecule has 1 amide bonds. The van der Waals surface area contributed by atoms with Gasteiger partial charge in [-0.25, -0.2) is 4.98 Å².